The van der Waals surface area contributed by atoms with Gasteiger partial charge < -0.3 is 40.4 Å². The van der Waals surface area contributed by atoms with Crippen LogP contribution in [0.1, 0.15) is 89.4 Å². The first kappa shape index (κ1) is 46.9. The Labute approximate surface area is 379 Å². The summed E-state index contributed by atoms with van der Waals surface area (Å²) in [5.74, 6) is 1.13. The standard InChI is InChI=1S/C26H32FN3O3.C25H30FN3O3/c1-3-4-11-30(12-5-6-17-15-29-23-9-7-18(27)13-21(17)23)19-14-22-20(26(28)31)8-10-24(32-2)25(22)33-16-19;1-15(2)29(10-4-5-16-13-28-22-8-6-17(26)11-20(16)22)18-12-21-19(25(27)30)7-9-23(31-3)24(21)32-14-18/h7-10,13,15,19,29H,3-6,11-12,14,16H2,1-2H3,(H2,28,31);6-9,11,13,15,18,28H,4-5,10,12,14H2,1-3H3,(H2,27,30). The van der Waals surface area contributed by atoms with Crippen LogP contribution >= 0.6 is 0 Å². The van der Waals surface area contributed by atoms with Crippen LogP contribution in [0.25, 0.3) is 21.8 Å². The predicted molar refractivity (Wildman–Crippen MR) is 250 cm³/mol. The largest absolute Gasteiger partial charge is 0.493 e. The van der Waals surface area contributed by atoms with Crippen LogP contribution in [0.15, 0.2) is 73.1 Å². The summed E-state index contributed by atoms with van der Waals surface area (Å²) in [4.78, 5) is 35.4. The number of carbonyl (C=O) groups is 2. The number of aryl methyl sites for hydroxylation is 2. The van der Waals surface area contributed by atoms with Crippen molar-refractivity contribution in [2.45, 2.75) is 90.3 Å². The molecule has 65 heavy (non-hydrogen) atoms. The maximum absolute atomic E-state index is 13.7. The van der Waals surface area contributed by atoms with Gasteiger partial charge >= 0.3 is 0 Å². The lowest BCUT2D eigenvalue weighted by Gasteiger charge is -2.38. The number of nitrogens with two attached hydrogens (primary N) is 2. The maximum atomic E-state index is 13.7. The molecule has 14 heteroatoms. The minimum Gasteiger partial charge on any atom is -0.493 e. The van der Waals surface area contributed by atoms with Crippen molar-refractivity contribution in [1.29, 1.82) is 0 Å². The highest BCUT2D eigenvalue weighted by molar-refractivity contribution is 5.96. The molecular formula is C51H62F2N6O6. The molecule has 4 aromatic carbocycles. The molecule has 12 nitrogen and oxygen atoms in total. The summed E-state index contributed by atoms with van der Waals surface area (Å²) in [5.41, 5.74) is 18.0. The fourth-order valence-corrected chi connectivity index (χ4v) is 9.45. The fourth-order valence-electron chi connectivity index (χ4n) is 9.45. The van der Waals surface area contributed by atoms with Gasteiger partial charge in [-0.2, -0.15) is 0 Å². The van der Waals surface area contributed by atoms with E-state index in [1.807, 2.05) is 12.4 Å². The number of benzene rings is 4. The van der Waals surface area contributed by atoms with Gasteiger partial charge in [-0.1, -0.05) is 13.3 Å². The van der Waals surface area contributed by atoms with Gasteiger partial charge in [-0.25, -0.2) is 8.78 Å². The number of rotatable bonds is 18. The molecule has 0 saturated heterocycles. The third-order valence-corrected chi connectivity index (χ3v) is 12.8. The lowest BCUT2D eigenvalue weighted by molar-refractivity contribution is 0.0879. The molecule has 0 bridgehead atoms. The van der Waals surface area contributed by atoms with E-state index in [-0.39, 0.29) is 23.7 Å². The van der Waals surface area contributed by atoms with Gasteiger partial charge in [0.1, 0.15) is 24.8 Å². The van der Waals surface area contributed by atoms with Crippen LogP contribution < -0.4 is 30.4 Å². The van der Waals surface area contributed by atoms with Gasteiger partial charge in [0, 0.05) is 74.6 Å². The van der Waals surface area contributed by atoms with Gasteiger partial charge in [-0.05, 0) is 150 Å². The first-order valence-electron chi connectivity index (χ1n) is 22.7. The fraction of sp³-hybridized carbons (Fsp3) is 0.412. The van der Waals surface area contributed by atoms with Crippen molar-refractivity contribution in [2.24, 2.45) is 11.5 Å². The second kappa shape index (κ2) is 21.2. The molecule has 0 aliphatic carbocycles. The van der Waals surface area contributed by atoms with Crippen LogP contribution in [0.5, 0.6) is 23.0 Å². The summed E-state index contributed by atoms with van der Waals surface area (Å²) in [6, 6.07) is 17.1. The summed E-state index contributed by atoms with van der Waals surface area (Å²) in [6.07, 6.45) is 11.1. The minimum absolute atomic E-state index is 0.119. The van der Waals surface area contributed by atoms with Gasteiger partial charge in [0.05, 0.1) is 14.2 Å². The molecule has 2 aromatic heterocycles. The number of halogens is 2. The second-order valence-electron chi connectivity index (χ2n) is 17.2. The maximum Gasteiger partial charge on any atom is 0.249 e. The number of ether oxygens (including phenoxy) is 4. The molecule has 2 atom stereocenters. The molecule has 0 fully saturated rings. The number of nitrogens with zero attached hydrogens (tertiary/aromatic N) is 2. The Balaban J connectivity index is 0.000000194. The average Bonchev–Trinajstić information content (AvgIpc) is 3.90. The zero-order valence-electron chi connectivity index (χ0n) is 38.1. The van der Waals surface area contributed by atoms with Crippen LogP contribution in [-0.4, -0.2) is 96.8 Å². The number of amides is 2. The van der Waals surface area contributed by atoms with E-state index in [9.17, 15) is 18.4 Å². The average molecular weight is 893 g/mol. The van der Waals surface area contributed by atoms with Crippen molar-refractivity contribution >= 4 is 33.6 Å². The Kier molecular flexibility index (Phi) is 15.3. The highest BCUT2D eigenvalue weighted by atomic mass is 19.1. The number of carbonyl (C=O) groups excluding carboxylic acids is 2. The number of aromatic nitrogens is 2. The first-order chi connectivity index (χ1) is 31.4. The molecule has 0 spiro atoms. The predicted octanol–water partition coefficient (Wildman–Crippen LogP) is 8.51. The number of H-pyrrole nitrogens is 2. The van der Waals surface area contributed by atoms with E-state index in [4.69, 9.17) is 30.4 Å². The zero-order valence-corrected chi connectivity index (χ0v) is 38.1. The molecule has 2 aliphatic rings. The summed E-state index contributed by atoms with van der Waals surface area (Å²) < 4.78 is 50.4. The van der Waals surface area contributed by atoms with E-state index in [0.29, 0.717) is 66.2 Å². The van der Waals surface area contributed by atoms with Crippen LogP contribution in [0.2, 0.25) is 0 Å². The van der Waals surface area contributed by atoms with Crippen molar-refractivity contribution in [3.8, 4) is 23.0 Å². The SMILES string of the molecule is CCCCN(CCCc1c[nH]c2ccc(F)cc12)C1COc2c(OC)ccc(C(N)=O)c2C1.COc1ccc(C(N)=O)c2c1OCC(N(CCCc1c[nH]c3ccc(F)cc13)C(C)C)C2. The van der Waals surface area contributed by atoms with E-state index >= 15 is 0 Å². The molecule has 2 unspecified atom stereocenters. The lowest BCUT2D eigenvalue weighted by atomic mass is 9.94. The molecule has 4 heterocycles. The summed E-state index contributed by atoms with van der Waals surface area (Å²) in [6.45, 7) is 10.3. The smallest absolute Gasteiger partial charge is 0.249 e. The van der Waals surface area contributed by atoms with Crippen LogP contribution in [0, 0.1) is 11.6 Å². The van der Waals surface area contributed by atoms with Crippen LogP contribution in [0.4, 0.5) is 8.78 Å². The molecule has 0 saturated carbocycles. The number of aromatic amines is 2. The Morgan fingerprint density at radius 2 is 1.18 bits per heavy atom. The van der Waals surface area contributed by atoms with Gasteiger partial charge in [0.25, 0.3) is 0 Å². The van der Waals surface area contributed by atoms with Gasteiger partial charge in [0.2, 0.25) is 11.8 Å². The number of hydrogen-bond donors (Lipinski definition) is 4. The quantitative estimate of drug-likeness (QED) is 0.0668. The number of hydrogen-bond acceptors (Lipinski definition) is 8. The molecule has 8 rings (SSSR count). The number of primary amides is 2. The molecule has 6 N–H and O–H groups in total. The Morgan fingerprint density at radius 1 is 0.708 bits per heavy atom. The second-order valence-corrected chi connectivity index (χ2v) is 17.2. The van der Waals surface area contributed by atoms with Crippen LogP contribution in [0.3, 0.4) is 0 Å². The van der Waals surface area contributed by atoms with E-state index in [0.717, 1.165) is 102 Å². The van der Waals surface area contributed by atoms with E-state index in [2.05, 4.69) is 40.5 Å². The summed E-state index contributed by atoms with van der Waals surface area (Å²) in [5, 5.41) is 1.89. The van der Waals surface area contributed by atoms with Gasteiger partial charge in [0.15, 0.2) is 23.0 Å². The number of methoxy groups -OCH3 is 2. The van der Waals surface area contributed by atoms with E-state index in [1.165, 1.54) is 12.1 Å². The van der Waals surface area contributed by atoms with Crippen molar-refractivity contribution in [1.82, 2.24) is 19.8 Å². The van der Waals surface area contributed by atoms with Crippen molar-refractivity contribution in [2.75, 3.05) is 47.1 Å². The van der Waals surface area contributed by atoms with E-state index in [1.54, 1.807) is 62.8 Å². The van der Waals surface area contributed by atoms with Crippen LogP contribution in [-0.2, 0) is 25.7 Å². The number of unbranched alkanes of at least 4 members (excludes halogenated alkanes) is 1. The van der Waals surface area contributed by atoms with Crippen molar-refractivity contribution in [3.05, 3.63) is 118 Å². The van der Waals surface area contributed by atoms with Crippen molar-refractivity contribution < 1.29 is 37.3 Å². The molecule has 346 valence electrons. The third-order valence-electron chi connectivity index (χ3n) is 12.8. The first-order valence-corrected chi connectivity index (χ1v) is 22.7. The number of fused-ring (bicyclic) bond motifs is 4. The topological polar surface area (TPSA) is 161 Å². The Bertz CT molecular complexity index is 2610. The van der Waals surface area contributed by atoms with Gasteiger partial charge in [-0.15, -0.1) is 0 Å². The molecule has 6 aromatic rings. The summed E-state index contributed by atoms with van der Waals surface area (Å²) >= 11 is 0. The highest BCUT2D eigenvalue weighted by Crippen LogP contribution is 2.40. The molecule has 0 radical (unpaired) electrons. The minimum atomic E-state index is -0.462. The monoisotopic (exact) mass is 892 g/mol. The normalized spacial score (nSPS) is 15.6. The molecule has 2 aliphatic heterocycles. The lowest BCUT2D eigenvalue weighted by Crippen LogP contribution is -2.47. The highest BCUT2D eigenvalue weighted by Gasteiger charge is 2.32. The Hall–Kier alpha value is -6.12. The Morgan fingerprint density at radius 3 is 1.66 bits per heavy atom. The van der Waals surface area contributed by atoms with Crippen molar-refractivity contribution in [3.63, 3.8) is 0 Å². The molecule has 2 amide bonds. The van der Waals surface area contributed by atoms with E-state index < -0.39 is 11.8 Å². The zero-order chi connectivity index (χ0) is 46.2. The summed E-state index contributed by atoms with van der Waals surface area (Å²) in [7, 11) is 3.19. The van der Waals surface area contributed by atoms with Gasteiger partial charge in [-0.3, -0.25) is 19.4 Å². The number of nitrogens with one attached hydrogen (secondary N) is 2. The molecular weight excluding hydrogens is 831 g/mol. The third kappa shape index (κ3) is 10.7.